The third-order valence-electron chi connectivity index (χ3n) is 3.30. The molecule has 5 nitrogen and oxygen atoms in total. The van der Waals surface area contributed by atoms with E-state index >= 15 is 0 Å². The molecule has 1 fully saturated rings. The molecule has 96 valence electrons. The molecule has 2 atom stereocenters. The third-order valence-corrected chi connectivity index (χ3v) is 4.16. The zero-order chi connectivity index (χ0) is 12.5. The molecule has 18 heavy (non-hydrogen) atoms. The third kappa shape index (κ3) is 2.31. The van der Waals surface area contributed by atoms with Gasteiger partial charge in [0.05, 0.1) is 11.4 Å². The summed E-state index contributed by atoms with van der Waals surface area (Å²) in [6.07, 6.45) is 0. The molecule has 3 rings (SSSR count). The van der Waals surface area contributed by atoms with Gasteiger partial charge in [0.2, 0.25) is 5.89 Å². The van der Waals surface area contributed by atoms with Crippen LogP contribution in [0.3, 0.4) is 0 Å². The first-order valence-corrected chi connectivity index (χ1v) is 6.94. The summed E-state index contributed by atoms with van der Waals surface area (Å²) >= 11 is 1.60. The van der Waals surface area contributed by atoms with Crippen molar-refractivity contribution in [3.05, 3.63) is 23.4 Å². The summed E-state index contributed by atoms with van der Waals surface area (Å²) in [5.41, 5.74) is 6.00. The number of hydrogen-bond donors (Lipinski definition) is 1. The van der Waals surface area contributed by atoms with Gasteiger partial charge in [-0.05, 0) is 17.4 Å². The Morgan fingerprint density at radius 1 is 1.50 bits per heavy atom. The molecule has 6 heteroatoms. The molecule has 0 aliphatic carbocycles. The molecule has 1 aliphatic heterocycles. The van der Waals surface area contributed by atoms with Crippen LogP contribution in [0.4, 0.5) is 0 Å². The van der Waals surface area contributed by atoms with Gasteiger partial charge in [-0.1, -0.05) is 13.0 Å². The zero-order valence-electron chi connectivity index (χ0n) is 10.2. The number of rotatable bonds is 3. The number of nitrogens with two attached hydrogens (primary N) is 1. The van der Waals surface area contributed by atoms with Crippen molar-refractivity contribution in [1.82, 2.24) is 15.1 Å². The highest BCUT2D eigenvalue weighted by Crippen LogP contribution is 2.24. The van der Waals surface area contributed by atoms with Crippen LogP contribution in [0.5, 0.6) is 0 Å². The van der Waals surface area contributed by atoms with Gasteiger partial charge in [-0.25, -0.2) is 0 Å². The van der Waals surface area contributed by atoms with Crippen LogP contribution in [0.1, 0.15) is 12.8 Å². The molecule has 2 aromatic rings. The number of aromatic nitrogens is 2. The SMILES string of the molecule is CC1CN(Cc2nnc(-c3cccs3)o2)CC1N. The molecule has 2 N–H and O–H groups in total. The van der Waals surface area contributed by atoms with E-state index in [0.717, 1.165) is 18.0 Å². The minimum Gasteiger partial charge on any atom is -0.419 e. The van der Waals surface area contributed by atoms with Crippen LogP contribution in [-0.4, -0.2) is 34.2 Å². The average Bonchev–Trinajstić information content (AvgIpc) is 3.02. The smallest absolute Gasteiger partial charge is 0.257 e. The van der Waals surface area contributed by atoms with E-state index in [2.05, 4.69) is 22.0 Å². The van der Waals surface area contributed by atoms with E-state index in [1.807, 2.05) is 17.5 Å². The summed E-state index contributed by atoms with van der Waals surface area (Å²) in [6, 6.07) is 4.21. The van der Waals surface area contributed by atoms with Crippen LogP contribution in [0, 0.1) is 5.92 Å². The molecular weight excluding hydrogens is 248 g/mol. The van der Waals surface area contributed by atoms with Crippen LogP contribution in [0.15, 0.2) is 21.9 Å². The first-order valence-electron chi connectivity index (χ1n) is 6.06. The lowest BCUT2D eigenvalue weighted by Gasteiger charge is -2.11. The highest BCUT2D eigenvalue weighted by atomic mass is 32.1. The topological polar surface area (TPSA) is 68.2 Å². The molecule has 0 radical (unpaired) electrons. The maximum Gasteiger partial charge on any atom is 0.257 e. The van der Waals surface area contributed by atoms with Gasteiger partial charge in [0.25, 0.3) is 5.89 Å². The fourth-order valence-corrected chi connectivity index (χ4v) is 2.88. The highest BCUT2D eigenvalue weighted by Gasteiger charge is 2.27. The minimum atomic E-state index is 0.254. The van der Waals surface area contributed by atoms with Crippen molar-refractivity contribution in [2.75, 3.05) is 13.1 Å². The van der Waals surface area contributed by atoms with Gasteiger partial charge in [0.15, 0.2) is 0 Å². The Morgan fingerprint density at radius 3 is 3.06 bits per heavy atom. The van der Waals surface area contributed by atoms with Gasteiger partial charge < -0.3 is 10.2 Å². The van der Waals surface area contributed by atoms with E-state index in [0.29, 0.717) is 24.2 Å². The number of hydrogen-bond acceptors (Lipinski definition) is 6. The van der Waals surface area contributed by atoms with E-state index in [1.165, 1.54) is 0 Å². The fraction of sp³-hybridized carbons (Fsp3) is 0.500. The van der Waals surface area contributed by atoms with Crippen LogP contribution >= 0.6 is 11.3 Å². The predicted octanol–water partition coefficient (Wildman–Crippen LogP) is 1.58. The second kappa shape index (κ2) is 4.79. The first kappa shape index (κ1) is 11.8. The van der Waals surface area contributed by atoms with Crippen molar-refractivity contribution >= 4 is 11.3 Å². The lowest BCUT2D eigenvalue weighted by atomic mass is 10.1. The molecule has 0 spiro atoms. The highest BCUT2D eigenvalue weighted by molar-refractivity contribution is 7.13. The molecule has 3 heterocycles. The van der Waals surface area contributed by atoms with E-state index in [4.69, 9.17) is 10.2 Å². The van der Waals surface area contributed by atoms with Gasteiger partial charge in [-0.2, -0.15) is 0 Å². The maximum atomic E-state index is 6.00. The van der Waals surface area contributed by atoms with E-state index in [-0.39, 0.29) is 6.04 Å². The molecule has 1 saturated heterocycles. The Morgan fingerprint density at radius 2 is 2.39 bits per heavy atom. The summed E-state index contributed by atoms with van der Waals surface area (Å²) in [5, 5.41) is 10.2. The van der Waals surface area contributed by atoms with Crippen LogP contribution in [-0.2, 0) is 6.54 Å². The Kier molecular flexibility index (Phi) is 3.15. The quantitative estimate of drug-likeness (QED) is 0.911. The van der Waals surface area contributed by atoms with Gasteiger partial charge in [0.1, 0.15) is 0 Å². The van der Waals surface area contributed by atoms with Crippen molar-refractivity contribution in [3.8, 4) is 10.8 Å². The summed E-state index contributed by atoms with van der Waals surface area (Å²) in [4.78, 5) is 3.28. The Hall–Kier alpha value is -1.24. The summed E-state index contributed by atoms with van der Waals surface area (Å²) in [7, 11) is 0. The van der Waals surface area contributed by atoms with E-state index < -0.39 is 0 Å². The van der Waals surface area contributed by atoms with Gasteiger partial charge in [-0.3, -0.25) is 4.90 Å². The molecular formula is C12H16N4OS. The summed E-state index contributed by atoms with van der Waals surface area (Å²) in [5.74, 6) is 1.81. The van der Waals surface area contributed by atoms with Crippen molar-refractivity contribution in [2.45, 2.75) is 19.5 Å². The molecule has 1 aliphatic rings. The average molecular weight is 264 g/mol. The molecule has 0 bridgehead atoms. The maximum absolute atomic E-state index is 6.00. The standard InChI is InChI=1S/C12H16N4OS/c1-8-5-16(6-9(8)13)7-11-14-15-12(17-11)10-3-2-4-18-10/h2-4,8-9H,5-7,13H2,1H3. The van der Waals surface area contributed by atoms with Gasteiger partial charge >= 0.3 is 0 Å². The monoisotopic (exact) mass is 264 g/mol. The Bertz CT molecular complexity index is 500. The van der Waals surface area contributed by atoms with Crippen LogP contribution in [0.25, 0.3) is 10.8 Å². The largest absolute Gasteiger partial charge is 0.419 e. The lowest BCUT2D eigenvalue weighted by molar-refractivity contribution is 0.283. The van der Waals surface area contributed by atoms with E-state index in [1.54, 1.807) is 11.3 Å². The van der Waals surface area contributed by atoms with Crippen molar-refractivity contribution in [1.29, 1.82) is 0 Å². The van der Waals surface area contributed by atoms with E-state index in [9.17, 15) is 0 Å². The molecule has 2 aromatic heterocycles. The minimum absolute atomic E-state index is 0.254. The first-order chi connectivity index (χ1) is 8.72. The lowest BCUT2D eigenvalue weighted by Crippen LogP contribution is -2.28. The Labute approximate surface area is 110 Å². The zero-order valence-corrected chi connectivity index (χ0v) is 11.1. The van der Waals surface area contributed by atoms with Gasteiger partial charge in [-0.15, -0.1) is 21.5 Å². The normalized spacial score (nSPS) is 24.8. The van der Waals surface area contributed by atoms with Crippen molar-refractivity contribution < 1.29 is 4.42 Å². The molecule has 2 unspecified atom stereocenters. The molecule has 0 amide bonds. The number of likely N-dealkylation sites (tertiary alicyclic amines) is 1. The fourth-order valence-electron chi connectivity index (χ4n) is 2.23. The summed E-state index contributed by atoms with van der Waals surface area (Å²) in [6.45, 7) is 4.77. The van der Waals surface area contributed by atoms with Crippen LogP contribution in [0.2, 0.25) is 0 Å². The van der Waals surface area contributed by atoms with Gasteiger partial charge in [0, 0.05) is 19.1 Å². The van der Waals surface area contributed by atoms with Crippen LogP contribution < -0.4 is 5.73 Å². The molecule has 0 saturated carbocycles. The summed E-state index contributed by atoms with van der Waals surface area (Å²) < 4.78 is 5.67. The number of nitrogens with zero attached hydrogens (tertiary/aromatic N) is 3. The molecule has 0 aromatic carbocycles. The Balaban J connectivity index is 1.68. The number of thiophene rings is 1. The second-order valence-corrected chi connectivity index (χ2v) is 5.76. The van der Waals surface area contributed by atoms with Crippen molar-refractivity contribution in [3.63, 3.8) is 0 Å². The van der Waals surface area contributed by atoms with Crippen molar-refractivity contribution in [2.24, 2.45) is 11.7 Å². The second-order valence-electron chi connectivity index (χ2n) is 4.81. The predicted molar refractivity (Wildman–Crippen MR) is 70.0 cm³/mol.